The van der Waals surface area contributed by atoms with Gasteiger partial charge in [0.1, 0.15) is 5.75 Å². The smallest absolute Gasteiger partial charge is 0.387 e. The summed E-state index contributed by atoms with van der Waals surface area (Å²) in [5, 5.41) is 0. The van der Waals surface area contributed by atoms with Crippen molar-refractivity contribution in [2.24, 2.45) is 11.5 Å². The SMILES string of the molecule is NCC(N)c1cc(Br)ccc1OC(F)F. The van der Waals surface area contributed by atoms with E-state index in [2.05, 4.69) is 20.7 Å². The fourth-order valence-corrected chi connectivity index (χ4v) is 1.52. The Morgan fingerprint density at radius 3 is 2.60 bits per heavy atom. The van der Waals surface area contributed by atoms with Gasteiger partial charge in [0.25, 0.3) is 0 Å². The summed E-state index contributed by atoms with van der Waals surface area (Å²) < 4.78 is 29.2. The topological polar surface area (TPSA) is 61.3 Å². The third-order valence-corrected chi connectivity index (χ3v) is 2.33. The molecule has 0 bridgehead atoms. The van der Waals surface area contributed by atoms with Gasteiger partial charge >= 0.3 is 6.61 Å². The molecule has 0 aliphatic heterocycles. The van der Waals surface area contributed by atoms with E-state index < -0.39 is 12.7 Å². The van der Waals surface area contributed by atoms with Crippen molar-refractivity contribution >= 4 is 15.9 Å². The molecule has 1 atom stereocenters. The first-order valence-electron chi connectivity index (χ1n) is 4.24. The Labute approximate surface area is 94.5 Å². The first-order chi connectivity index (χ1) is 7.04. The second-order valence-electron chi connectivity index (χ2n) is 2.90. The van der Waals surface area contributed by atoms with Crippen molar-refractivity contribution in [3.63, 3.8) is 0 Å². The van der Waals surface area contributed by atoms with Gasteiger partial charge in [0.15, 0.2) is 0 Å². The number of rotatable bonds is 4. The van der Waals surface area contributed by atoms with E-state index in [0.717, 1.165) is 4.47 Å². The Morgan fingerprint density at radius 1 is 1.40 bits per heavy atom. The maximum Gasteiger partial charge on any atom is 0.387 e. The number of benzene rings is 1. The minimum Gasteiger partial charge on any atom is -0.434 e. The van der Waals surface area contributed by atoms with Crippen molar-refractivity contribution in [3.8, 4) is 5.75 Å². The summed E-state index contributed by atoms with van der Waals surface area (Å²) in [6.45, 7) is -2.70. The van der Waals surface area contributed by atoms with Crippen LogP contribution in [0, 0.1) is 0 Å². The van der Waals surface area contributed by atoms with Crippen LogP contribution in [0.25, 0.3) is 0 Å². The summed E-state index contributed by atoms with van der Waals surface area (Å²) >= 11 is 3.22. The van der Waals surface area contributed by atoms with Crippen molar-refractivity contribution < 1.29 is 13.5 Å². The monoisotopic (exact) mass is 280 g/mol. The quantitative estimate of drug-likeness (QED) is 0.887. The molecule has 4 N–H and O–H groups in total. The van der Waals surface area contributed by atoms with Crippen LogP contribution < -0.4 is 16.2 Å². The van der Waals surface area contributed by atoms with E-state index in [1.807, 2.05) is 0 Å². The summed E-state index contributed by atoms with van der Waals surface area (Å²) in [6.07, 6.45) is 0. The second-order valence-corrected chi connectivity index (χ2v) is 3.82. The van der Waals surface area contributed by atoms with Crippen LogP contribution in [-0.2, 0) is 0 Å². The predicted octanol–water partition coefficient (Wildman–Crippen LogP) is 2.01. The molecule has 1 aromatic carbocycles. The van der Waals surface area contributed by atoms with Gasteiger partial charge in [-0.1, -0.05) is 15.9 Å². The first-order valence-corrected chi connectivity index (χ1v) is 5.03. The molecule has 1 rings (SSSR count). The van der Waals surface area contributed by atoms with Crippen LogP contribution in [0.15, 0.2) is 22.7 Å². The predicted molar refractivity (Wildman–Crippen MR) is 56.8 cm³/mol. The Bertz CT molecular complexity index is 336. The molecule has 15 heavy (non-hydrogen) atoms. The van der Waals surface area contributed by atoms with Gasteiger partial charge < -0.3 is 16.2 Å². The fraction of sp³-hybridized carbons (Fsp3) is 0.333. The average molecular weight is 281 g/mol. The number of ether oxygens (including phenoxy) is 1. The van der Waals surface area contributed by atoms with E-state index in [4.69, 9.17) is 11.5 Å². The van der Waals surface area contributed by atoms with Crippen LogP contribution in [0.3, 0.4) is 0 Å². The molecule has 0 fully saturated rings. The van der Waals surface area contributed by atoms with Crippen molar-refractivity contribution in [1.82, 2.24) is 0 Å². The van der Waals surface area contributed by atoms with Crippen molar-refractivity contribution in [2.45, 2.75) is 12.7 Å². The molecular weight excluding hydrogens is 270 g/mol. The van der Waals surface area contributed by atoms with Crippen LogP contribution in [0.4, 0.5) is 8.78 Å². The molecule has 0 aliphatic carbocycles. The minimum atomic E-state index is -2.87. The zero-order chi connectivity index (χ0) is 11.4. The van der Waals surface area contributed by atoms with E-state index in [1.165, 1.54) is 6.07 Å². The number of halogens is 3. The molecule has 3 nitrogen and oxygen atoms in total. The lowest BCUT2D eigenvalue weighted by Crippen LogP contribution is -2.22. The molecule has 1 aromatic rings. The Hall–Kier alpha value is -0.720. The van der Waals surface area contributed by atoms with E-state index in [-0.39, 0.29) is 12.3 Å². The number of nitrogens with two attached hydrogens (primary N) is 2. The molecule has 1 unspecified atom stereocenters. The second kappa shape index (κ2) is 5.39. The highest BCUT2D eigenvalue weighted by Crippen LogP contribution is 2.28. The first kappa shape index (κ1) is 12.4. The van der Waals surface area contributed by atoms with Gasteiger partial charge in [-0.2, -0.15) is 8.78 Å². The van der Waals surface area contributed by atoms with Crippen LogP contribution >= 0.6 is 15.9 Å². The summed E-state index contributed by atoms with van der Waals surface area (Å²) in [4.78, 5) is 0. The maximum atomic E-state index is 12.1. The molecular formula is C9H11BrF2N2O. The van der Waals surface area contributed by atoms with Crippen LogP contribution in [0.1, 0.15) is 11.6 Å². The molecule has 6 heteroatoms. The largest absolute Gasteiger partial charge is 0.434 e. The van der Waals surface area contributed by atoms with Gasteiger partial charge in [-0.25, -0.2) is 0 Å². The summed E-state index contributed by atoms with van der Waals surface area (Å²) in [5.74, 6) is 0.0613. The minimum absolute atomic E-state index is 0.0613. The van der Waals surface area contributed by atoms with Gasteiger partial charge in [-0.3, -0.25) is 0 Å². The van der Waals surface area contributed by atoms with Gasteiger partial charge in [-0.15, -0.1) is 0 Å². The highest BCUT2D eigenvalue weighted by Gasteiger charge is 2.14. The summed E-state index contributed by atoms with van der Waals surface area (Å²) in [6, 6.07) is 4.14. The van der Waals surface area contributed by atoms with Crippen molar-refractivity contribution in [2.75, 3.05) is 6.54 Å². The molecule has 0 saturated heterocycles. The van der Waals surface area contributed by atoms with Crippen molar-refractivity contribution in [1.29, 1.82) is 0 Å². The number of hydrogen-bond donors (Lipinski definition) is 2. The highest BCUT2D eigenvalue weighted by molar-refractivity contribution is 9.10. The lowest BCUT2D eigenvalue weighted by molar-refractivity contribution is -0.0506. The van der Waals surface area contributed by atoms with Gasteiger partial charge in [0.05, 0.1) is 0 Å². The normalized spacial score (nSPS) is 12.9. The Kier molecular flexibility index (Phi) is 4.44. The average Bonchev–Trinajstić information content (AvgIpc) is 2.19. The molecule has 0 radical (unpaired) electrons. The zero-order valence-corrected chi connectivity index (χ0v) is 9.38. The van der Waals surface area contributed by atoms with Gasteiger partial charge in [0, 0.05) is 22.6 Å². The molecule has 0 heterocycles. The fourth-order valence-electron chi connectivity index (χ4n) is 1.14. The lowest BCUT2D eigenvalue weighted by atomic mass is 10.1. The molecule has 0 spiro atoms. The standard InChI is InChI=1S/C9H11BrF2N2O/c10-5-1-2-8(15-9(11)12)6(3-5)7(14)4-13/h1-3,7,9H,4,13-14H2. The van der Waals surface area contributed by atoms with E-state index in [9.17, 15) is 8.78 Å². The summed E-state index contributed by atoms with van der Waals surface area (Å²) in [5.41, 5.74) is 11.5. The third-order valence-electron chi connectivity index (χ3n) is 1.84. The molecule has 0 saturated carbocycles. The number of alkyl halides is 2. The van der Waals surface area contributed by atoms with Crippen LogP contribution in [0.2, 0.25) is 0 Å². The third kappa shape index (κ3) is 3.40. The van der Waals surface area contributed by atoms with Gasteiger partial charge in [-0.05, 0) is 18.2 Å². The van der Waals surface area contributed by atoms with Gasteiger partial charge in [0.2, 0.25) is 0 Å². The number of hydrogen-bond acceptors (Lipinski definition) is 3. The van der Waals surface area contributed by atoms with E-state index in [1.54, 1.807) is 12.1 Å². The maximum absolute atomic E-state index is 12.1. The zero-order valence-electron chi connectivity index (χ0n) is 7.79. The highest BCUT2D eigenvalue weighted by atomic mass is 79.9. The Morgan fingerprint density at radius 2 is 2.07 bits per heavy atom. The Balaban J connectivity index is 3.02. The van der Waals surface area contributed by atoms with Crippen LogP contribution in [0.5, 0.6) is 5.75 Å². The van der Waals surface area contributed by atoms with E-state index >= 15 is 0 Å². The molecule has 84 valence electrons. The molecule has 0 aromatic heterocycles. The van der Waals surface area contributed by atoms with Crippen LogP contribution in [-0.4, -0.2) is 13.2 Å². The lowest BCUT2D eigenvalue weighted by Gasteiger charge is -2.15. The molecule has 0 amide bonds. The van der Waals surface area contributed by atoms with Crippen molar-refractivity contribution in [3.05, 3.63) is 28.2 Å². The molecule has 0 aliphatic rings. The van der Waals surface area contributed by atoms with E-state index in [0.29, 0.717) is 5.56 Å². The summed E-state index contributed by atoms with van der Waals surface area (Å²) in [7, 11) is 0.